The van der Waals surface area contributed by atoms with E-state index in [9.17, 15) is 0 Å². The molecule has 1 aromatic carbocycles. The molecule has 1 aliphatic rings. The lowest BCUT2D eigenvalue weighted by Gasteiger charge is -2.34. The third-order valence-corrected chi connectivity index (χ3v) is 3.22. The number of rotatable bonds is 1. The second-order valence-corrected chi connectivity index (χ2v) is 4.69. The minimum Gasteiger partial charge on any atom is -0.398 e. The van der Waals surface area contributed by atoms with Crippen molar-refractivity contribution in [2.45, 2.75) is 20.0 Å². The molecule has 2 N–H and O–H groups in total. The molecular weight excluding hydrogens is 224 g/mol. The average molecular weight is 241 g/mol. The molecule has 0 saturated carbocycles. The van der Waals surface area contributed by atoms with Gasteiger partial charge in [0.15, 0.2) is 0 Å². The van der Waals surface area contributed by atoms with Crippen LogP contribution in [0.3, 0.4) is 0 Å². The number of hydrogen-bond acceptors (Lipinski definition) is 3. The van der Waals surface area contributed by atoms with Gasteiger partial charge >= 0.3 is 0 Å². The highest BCUT2D eigenvalue weighted by molar-refractivity contribution is 6.33. The highest BCUT2D eigenvalue weighted by Gasteiger charge is 2.19. The number of hydrogen-bond donors (Lipinski definition) is 1. The van der Waals surface area contributed by atoms with E-state index in [0.29, 0.717) is 10.7 Å². The first-order chi connectivity index (χ1) is 7.58. The van der Waals surface area contributed by atoms with Gasteiger partial charge in [0.25, 0.3) is 0 Å². The zero-order chi connectivity index (χ0) is 11.7. The van der Waals surface area contributed by atoms with E-state index in [0.717, 1.165) is 30.9 Å². The van der Waals surface area contributed by atoms with Crippen LogP contribution in [0.2, 0.25) is 5.02 Å². The van der Waals surface area contributed by atoms with Gasteiger partial charge in [0.05, 0.1) is 23.4 Å². The minimum absolute atomic E-state index is 0.268. The lowest BCUT2D eigenvalue weighted by molar-refractivity contribution is 0.0532. The summed E-state index contributed by atoms with van der Waals surface area (Å²) in [5.41, 5.74) is 8.74. The van der Waals surface area contributed by atoms with Crippen molar-refractivity contribution in [1.82, 2.24) is 0 Å². The maximum Gasteiger partial charge on any atom is 0.0722 e. The second-order valence-electron chi connectivity index (χ2n) is 4.29. The van der Waals surface area contributed by atoms with Crippen LogP contribution < -0.4 is 10.6 Å². The number of morpholine rings is 1. The molecule has 0 aromatic heterocycles. The lowest BCUT2D eigenvalue weighted by atomic mass is 10.1. The summed E-state index contributed by atoms with van der Waals surface area (Å²) in [5, 5.41) is 0.625. The molecular formula is C12H17ClN2O. The summed E-state index contributed by atoms with van der Waals surface area (Å²) in [4.78, 5) is 2.30. The smallest absolute Gasteiger partial charge is 0.0722 e. The Kier molecular flexibility index (Phi) is 3.26. The van der Waals surface area contributed by atoms with E-state index in [1.165, 1.54) is 0 Å². The molecule has 0 aliphatic carbocycles. The first-order valence-electron chi connectivity index (χ1n) is 5.50. The molecule has 1 fully saturated rings. The Labute approximate surface area is 101 Å². The predicted molar refractivity (Wildman–Crippen MR) is 68.2 cm³/mol. The van der Waals surface area contributed by atoms with Gasteiger partial charge in [-0.05, 0) is 31.5 Å². The van der Waals surface area contributed by atoms with Crippen LogP contribution in [0.4, 0.5) is 11.4 Å². The van der Waals surface area contributed by atoms with Crippen molar-refractivity contribution in [3.63, 3.8) is 0 Å². The van der Waals surface area contributed by atoms with E-state index in [1.54, 1.807) is 0 Å². The summed E-state index contributed by atoms with van der Waals surface area (Å²) < 4.78 is 5.52. The summed E-state index contributed by atoms with van der Waals surface area (Å²) in [6, 6.07) is 3.88. The van der Waals surface area contributed by atoms with Gasteiger partial charge in [0.2, 0.25) is 0 Å². The van der Waals surface area contributed by atoms with Crippen LogP contribution in [0.1, 0.15) is 12.5 Å². The van der Waals surface area contributed by atoms with E-state index in [2.05, 4.69) is 18.7 Å². The van der Waals surface area contributed by atoms with Crippen molar-refractivity contribution >= 4 is 23.0 Å². The summed E-state index contributed by atoms with van der Waals surface area (Å²) in [6.07, 6.45) is 0.268. The molecule has 1 aromatic rings. The zero-order valence-electron chi connectivity index (χ0n) is 9.66. The monoisotopic (exact) mass is 240 g/mol. The Hall–Kier alpha value is -0.930. The van der Waals surface area contributed by atoms with E-state index in [1.807, 2.05) is 12.1 Å². The van der Waals surface area contributed by atoms with Crippen molar-refractivity contribution in [1.29, 1.82) is 0 Å². The van der Waals surface area contributed by atoms with Crippen molar-refractivity contribution < 1.29 is 4.74 Å². The fourth-order valence-electron chi connectivity index (χ4n) is 2.07. The highest BCUT2D eigenvalue weighted by Crippen LogP contribution is 2.30. The summed E-state index contributed by atoms with van der Waals surface area (Å²) in [6.45, 7) is 6.72. The molecule has 0 amide bonds. The number of benzene rings is 1. The molecule has 1 heterocycles. The molecule has 0 spiro atoms. The third-order valence-electron chi connectivity index (χ3n) is 2.90. The molecule has 3 nitrogen and oxygen atoms in total. The fraction of sp³-hybridized carbons (Fsp3) is 0.500. The quantitative estimate of drug-likeness (QED) is 0.767. The van der Waals surface area contributed by atoms with Crippen LogP contribution in [0, 0.1) is 6.92 Å². The van der Waals surface area contributed by atoms with E-state index < -0.39 is 0 Å². The molecule has 1 aliphatic heterocycles. The van der Waals surface area contributed by atoms with Crippen LogP contribution >= 0.6 is 11.6 Å². The summed E-state index contributed by atoms with van der Waals surface area (Å²) in [5.74, 6) is 0. The van der Waals surface area contributed by atoms with Gasteiger partial charge < -0.3 is 15.4 Å². The van der Waals surface area contributed by atoms with Crippen molar-refractivity contribution in [3.05, 3.63) is 22.7 Å². The van der Waals surface area contributed by atoms with E-state index >= 15 is 0 Å². The van der Waals surface area contributed by atoms with Gasteiger partial charge in [-0.2, -0.15) is 0 Å². The van der Waals surface area contributed by atoms with Gasteiger partial charge in [-0.25, -0.2) is 0 Å². The molecule has 2 rings (SSSR count). The minimum atomic E-state index is 0.268. The normalized spacial score (nSPS) is 21.2. The highest BCUT2D eigenvalue weighted by atomic mass is 35.5. The summed E-state index contributed by atoms with van der Waals surface area (Å²) in [7, 11) is 0. The first-order valence-corrected chi connectivity index (χ1v) is 5.88. The predicted octanol–water partition coefficient (Wildman–Crippen LogP) is 2.46. The van der Waals surface area contributed by atoms with Gasteiger partial charge in [0, 0.05) is 18.8 Å². The third kappa shape index (κ3) is 2.25. The second kappa shape index (κ2) is 4.52. The number of nitrogens with two attached hydrogens (primary N) is 1. The van der Waals surface area contributed by atoms with Crippen LogP contribution in [-0.2, 0) is 4.74 Å². The molecule has 88 valence electrons. The van der Waals surface area contributed by atoms with Crippen LogP contribution in [0.5, 0.6) is 0 Å². The fourth-order valence-corrected chi connectivity index (χ4v) is 2.23. The maximum atomic E-state index is 6.06. The van der Waals surface area contributed by atoms with E-state index in [-0.39, 0.29) is 6.10 Å². The molecule has 1 atom stereocenters. The van der Waals surface area contributed by atoms with Crippen LogP contribution in [0.25, 0.3) is 0 Å². The number of aryl methyl sites for hydroxylation is 1. The SMILES string of the molecule is Cc1cc(N)c(Cl)cc1N1CCOC(C)C1. The molecule has 4 heteroatoms. The molecule has 16 heavy (non-hydrogen) atoms. The van der Waals surface area contributed by atoms with Gasteiger partial charge in [0.1, 0.15) is 0 Å². The van der Waals surface area contributed by atoms with E-state index in [4.69, 9.17) is 22.1 Å². The molecule has 0 bridgehead atoms. The Balaban J connectivity index is 2.29. The summed E-state index contributed by atoms with van der Waals surface area (Å²) >= 11 is 6.06. The number of anilines is 2. The van der Waals surface area contributed by atoms with Gasteiger partial charge in [-0.1, -0.05) is 11.6 Å². The number of nitrogens with zero attached hydrogens (tertiary/aromatic N) is 1. The molecule has 1 unspecified atom stereocenters. The lowest BCUT2D eigenvalue weighted by Crippen LogP contribution is -2.41. The van der Waals surface area contributed by atoms with Crippen molar-refractivity contribution in [3.8, 4) is 0 Å². The average Bonchev–Trinajstić information content (AvgIpc) is 2.23. The number of halogens is 1. The Morgan fingerprint density at radius 1 is 1.50 bits per heavy atom. The standard InChI is InChI=1S/C12H17ClN2O/c1-8-5-11(14)10(13)6-12(8)15-3-4-16-9(2)7-15/h5-6,9H,3-4,7,14H2,1-2H3. The van der Waals surface area contributed by atoms with Crippen molar-refractivity contribution in [2.24, 2.45) is 0 Å². The van der Waals surface area contributed by atoms with Gasteiger partial charge in [-0.3, -0.25) is 0 Å². The van der Waals surface area contributed by atoms with Crippen molar-refractivity contribution in [2.75, 3.05) is 30.3 Å². The Morgan fingerprint density at radius 3 is 2.94 bits per heavy atom. The molecule has 0 radical (unpaired) electrons. The maximum absolute atomic E-state index is 6.06. The zero-order valence-corrected chi connectivity index (χ0v) is 10.4. The van der Waals surface area contributed by atoms with Crippen LogP contribution in [-0.4, -0.2) is 25.8 Å². The molecule has 1 saturated heterocycles. The van der Waals surface area contributed by atoms with Gasteiger partial charge in [-0.15, -0.1) is 0 Å². The number of ether oxygens (including phenoxy) is 1. The Morgan fingerprint density at radius 2 is 2.25 bits per heavy atom. The largest absolute Gasteiger partial charge is 0.398 e. The number of nitrogen functional groups attached to an aromatic ring is 1. The van der Waals surface area contributed by atoms with Crippen LogP contribution in [0.15, 0.2) is 12.1 Å². The topological polar surface area (TPSA) is 38.5 Å². The Bertz CT molecular complexity index is 395. The first kappa shape index (κ1) is 11.6.